The Morgan fingerprint density at radius 1 is 1.43 bits per heavy atom. The van der Waals surface area contributed by atoms with Crippen LogP contribution in [0.2, 0.25) is 5.02 Å². The topological polar surface area (TPSA) is 107 Å². The number of rotatable bonds is 8. The molecule has 3 saturated heterocycles. The molecule has 0 saturated carbocycles. The summed E-state index contributed by atoms with van der Waals surface area (Å²) >= 11 is 10.1. The normalized spacial score (nSPS) is 32.1. The average Bonchev–Trinajstić information content (AvgIpc) is 3.37. The molecule has 2 N–H and O–H groups in total. The Hall–Kier alpha value is -1.94. The van der Waals surface area contributed by atoms with Crippen molar-refractivity contribution in [1.29, 1.82) is 0 Å². The van der Waals surface area contributed by atoms with Crippen LogP contribution < -0.4 is 4.90 Å². The summed E-state index contributed by atoms with van der Waals surface area (Å²) in [5.74, 6) is -4.37. The Labute approximate surface area is 218 Å². The molecule has 0 aromatic heterocycles. The van der Waals surface area contributed by atoms with Crippen LogP contribution in [0.15, 0.2) is 30.9 Å². The zero-order valence-electron chi connectivity index (χ0n) is 19.9. The number of aryl methyl sites for hydroxylation is 1. The van der Waals surface area contributed by atoms with Crippen molar-refractivity contribution in [1.82, 2.24) is 4.90 Å². The van der Waals surface area contributed by atoms with Crippen LogP contribution in [0.25, 0.3) is 0 Å². The van der Waals surface area contributed by atoms with Gasteiger partial charge in [-0.25, -0.2) is 0 Å². The molecule has 1 spiro atoms. The number of aliphatic carboxylic acids is 1. The quantitative estimate of drug-likeness (QED) is 0.368. The lowest BCUT2D eigenvalue weighted by Crippen LogP contribution is -2.60. The third-order valence-electron chi connectivity index (χ3n) is 7.60. The number of carbonyl (C=O) groups is 3. The molecule has 4 rings (SSSR count). The van der Waals surface area contributed by atoms with Crippen molar-refractivity contribution in [2.75, 3.05) is 18.1 Å². The number of aliphatic hydroxyl groups is 1. The Morgan fingerprint density at radius 2 is 2.11 bits per heavy atom. The molecular formula is C25H30BrClN2O6. The van der Waals surface area contributed by atoms with Gasteiger partial charge in [0.25, 0.3) is 5.91 Å². The van der Waals surface area contributed by atoms with E-state index >= 15 is 0 Å². The van der Waals surface area contributed by atoms with Gasteiger partial charge in [-0.1, -0.05) is 59.6 Å². The maximum absolute atomic E-state index is 14.4. The predicted molar refractivity (Wildman–Crippen MR) is 135 cm³/mol. The zero-order valence-corrected chi connectivity index (χ0v) is 22.2. The Balaban J connectivity index is 1.90. The fraction of sp³-hybridized carbons (Fsp3) is 0.560. The zero-order chi connectivity index (χ0) is 25.8. The molecule has 190 valence electrons. The summed E-state index contributed by atoms with van der Waals surface area (Å²) in [6.45, 7) is 9.07. The number of nitrogens with zero attached hydrogens (tertiary/aromatic N) is 2. The number of likely N-dealkylation sites (tertiary alicyclic amines) is 1. The van der Waals surface area contributed by atoms with Crippen LogP contribution in [0.4, 0.5) is 5.69 Å². The predicted octanol–water partition coefficient (Wildman–Crippen LogP) is 3.02. The summed E-state index contributed by atoms with van der Waals surface area (Å²) < 4.78 is 6.33. The molecule has 1 aromatic rings. The van der Waals surface area contributed by atoms with Crippen LogP contribution in [0.1, 0.15) is 25.8 Å². The van der Waals surface area contributed by atoms with Gasteiger partial charge in [0, 0.05) is 11.4 Å². The fourth-order valence-electron chi connectivity index (χ4n) is 6.14. The van der Waals surface area contributed by atoms with Crippen molar-refractivity contribution in [3.63, 3.8) is 0 Å². The molecule has 10 heteroatoms. The minimum absolute atomic E-state index is 0.123. The van der Waals surface area contributed by atoms with Crippen molar-refractivity contribution in [2.45, 2.75) is 55.8 Å². The molecule has 1 aromatic carbocycles. The first kappa shape index (κ1) is 26.1. The molecule has 3 unspecified atom stereocenters. The second kappa shape index (κ2) is 9.50. The lowest BCUT2D eigenvalue weighted by Gasteiger charge is -2.40. The second-order valence-corrected chi connectivity index (χ2v) is 11.5. The largest absolute Gasteiger partial charge is 0.481 e. The number of alkyl halides is 1. The number of benzene rings is 1. The van der Waals surface area contributed by atoms with Crippen LogP contribution in [-0.4, -0.2) is 74.7 Å². The number of aliphatic hydroxyl groups excluding tert-OH is 1. The van der Waals surface area contributed by atoms with Crippen molar-refractivity contribution < 1.29 is 29.3 Å². The van der Waals surface area contributed by atoms with E-state index in [4.69, 9.17) is 16.3 Å². The SMILES string of the molecule is C=CCN(C(=O)C1N([C@@H](CO)C(C)C)C(=O)[C@@H]2[C@H](C(=O)O)[C@H]3OC12CC3Br)c1c(C)cccc1Cl. The number of hydrogen-bond acceptors (Lipinski definition) is 5. The van der Waals surface area contributed by atoms with E-state index in [1.54, 1.807) is 18.2 Å². The standard InChI is InChI=1S/C25H30BrClN2O6/c1-5-9-28(19-13(4)7-6-8-15(19)27)23(32)21-25-10-14(26)20(35-25)17(24(33)34)18(25)22(31)29(21)16(11-30)12(2)3/h5-8,12,14,16-18,20-21,30H,1,9-11H2,2-4H3,(H,33,34)/t14?,16-,17-,18-,20-,21?,25?/m0/s1. The van der Waals surface area contributed by atoms with Gasteiger partial charge >= 0.3 is 5.97 Å². The van der Waals surface area contributed by atoms with Crippen LogP contribution in [0.3, 0.4) is 0 Å². The number of carbonyl (C=O) groups excluding carboxylic acids is 2. The second-order valence-electron chi connectivity index (χ2n) is 9.88. The maximum atomic E-state index is 14.4. The molecule has 8 nitrogen and oxygen atoms in total. The summed E-state index contributed by atoms with van der Waals surface area (Å²) in [5.41, 5.74) is -0.0832. The monoisotopic (exact) mass is 568 g/mol. The molecule has 3 aliphatic rings. The minimum Gasteiger partial charge on any atom is -0.481 e. The molecule has 3 heterocycles. The number of carboxylic acid groups (broad SMARTS) is 1. The van der Waals surface area contributed by atoms with E-state index < -0.39 is 53.4 Å². The van der Waals surface area contributed by atoms with Crippen LogP contribution >= 0.6 is 27.5 Å². The van der Waals surface area contributed by atoms with Crippen molar-refractivity contribution in [3.05, 3.63) is 41.4 Å². The first-order chi connectivity index (χ1) is 16.5. The summed E-state index contributed by atoms with van der Waals surface area (Å²) in [6, 6.07) is 3.47. The van der Waals surface area contributed by atoms with Gasteiger partial charge in [0.1, 0.15) is 11.6 Å². The van der Waals surface area contributed by atoms with E-state index in [9.17, 15) is 24.6 Å². The molecule has 3 aliphatic heterocycles. The van der Waals surface area contributed by atoms with Gasteiger partial charge in [-0.05, 0) is 30.9 Å². The number of halogens is 2. The number of anilines is 1. The van der Waals surface area contributed by atoms with Crippen LogP contribution in [0.5, 0.6) is 0 Å². The van der Waals surface area contributed by atoms with Gasteiger partial charge < -0.3 is 24.7 Å². The molecule has 2 bridgehead atoms. The highest BCUT2D eigenvalue weighted by atomic mass is 79.9. The Morgan fingerprint density at radius 3 is 2.66 bits per heavy atom. The highest BCUT2D eigenvalue weighted by molar-refractivity contribution is 9.09. The highest BCUT2D eigenvalue weighted by Gasteiger charge is 2.77. The smallest absolute Gasteiger partial charge is 0.310 e. The van der Waals surface area contributed by atoms with Crippen molar-refractivity contribution in [2.24, 2.45) is 17.8 Å². The van der Waals surface area contributed by atoms with E-state index in [1.165, 1.54) is 9.80 Å². The van der Waals surface area contributed by atoms with E-state index in [0.29, 0.717) is 17.1 Å². The lowest BCUT2D eigenvalue weighted by atomic mass is 9.70. The van der Waals surface area contributed by atoms with Crippen LogP contribution in [0, 0.1) is 24.7 Å². The molecule has 0 aliphatic carbocycles. The number of para-hydroxylation sites is 1. The lowest BCUT2D eigenvalue weighted by molar-refractivity contribution is -0.151. The summed E-state index contributed by atoms with van der Waals surface area (Å²) in [7, 11) is 0. The Bertz CT molecular complexity index is 1050. The third kappa shape index (κ3) is 3.82. The van der Waals surface area contributed by atoms with Crippen molar-refractivity contribution in [3.8, 4) is 0 Å². The maximum Gasteiger partial charge on any atom is 0.310 e. The minimum atomic E-state index is -1.34. The number of fused-ring (bicyclic) bond motifs is 1. The van der Waals surface area contributed by atoms with Crippen LogP contribution in [-0.2, 0) is 19.1 Å². The van der Waals surface area contributed by atoms with E-state index in [0.717, 1.165) is 5.56 Å². The van der Waals surface area contributed by atoms with E-state index in [1.807, 2.05) is 26.8 Å². The fourth-order valence-corrected chi connectivity index (χ4v) is 7.41. The number of amides is 2. The summed E-state index contributed by atoms with van der Waals surface area (Å²) in [6.07, 6.45) is 1.13. The first-order valence-electron chi connectivity index (χ1n) is 11.7. The molecule has 35 heavy (non-hydrogen) atoms. The van der Waals surface area contributed by atoms with Gasteiger partial charge in [0.05, 0.1) is 41.3 Å². The highest BCUT2D eigenvalue weighted by Crippen LogP contribution is 2.60. The van der Waals surface area contributed by atoms with E-state index in [2.05, 4.69) is 22.5 Å². The van der Waals surface area contributed by atoms with Gasteiger partial charge in [-0.15, -0.1) is 6.58 Å². The summed E-state index contributed by atoms with van der Waals surface area (Å²) in [4.78, 5) is 43.2. The molecule has 3 fully saturated rings. The third-order valence-corrected chi connectivity index (χ3v) is 8.75. The van der Waals surface area contributed by atoms with Gasteiger partial charge in [0.15, 0.2) is 0 Å². The number of hydrogen-bond donors (Lipinski definition) is 2. The summed E-state index contributed by atoms with van der Waals surface area (Å²) in [5, 5.41) is 20.7. The number of ether oxygens (including phenoxy) is 1. The van der Waals surface area contributed by atoms with Gasteiger partial charge in [-0.2, -0.15) is 0 Å². The average molecular weight is 570 g/mol. The molecule has 0 radical (unpaired) electrons. The molecule has 7 atom stereocenters. The van der Waals surface area contributed by atoms with Gasteiger partial charge in [0.2, 0.25) is 5.91 Å². The molecule has 2 amide bonds. The molecular weight excluding hydrogens is 540 g/mol. The van der Waals surface area contributed by atoms with Gasteiger partial charge in [-0.3, -0.25) is 14.4 Å². The van der Waals surface area contributed by atoms with E-state index in [-0.39, 0.29) is 23.9 Å². The number of carboxylic acids is 1. The van der Waals surface area contributed by atoms with Crippen molar-refractivity contribution >= 4 is 51.0 Å². The Kier molecular flexibility index (Phi) is 7.09. The first-order valence-corrected chi connectivity index (χ1v) is 13.0.